The van der Waals surface area contributed by atoms with Gasteiger partial charge in [-0.1, -0.05) is 40.5 Å². The van der Waals surface area contributed by atoms with E-state index in [9.17, 15) is 0 Å². The van der Waals surface area contributed by atoms with Crippen molar-refractivity contribution in [3.63, 3.8) is 0 Å². The number of nitrogens with zero attached hydrogens (tertiary/aromatic N) is 1. The highest BCUT2D eigenvalue weighted by Crippen LogP contribution is 2.29. The Balaban J connectivity index is 2.30. The summed E-state index contributed by atoms with van der Waals surface area (Å²) in [5.74, 6) is 0. The fraction of sp³-hybridized carbons (Fsp3) is 0.267. The predicted molar refractivity (Wildman–Crippen MR) is 98.9 cm³/mol. The maximum Gasteiger partial charge on any atom is 0.0719 e. The molecule has 2 nitrogen and oxygen atoms in total. The van der Waals surface area contributed by atoms with Gasteiger partial charge < -0.3 is 5.32 Å². The molecule has 0 amide bonds. The molecule has 0 fully saturated rings. The van der Waals surface area contributed by atoms with Gasteiger partial charge in [0.15, 0.2) is 0 Å². The quantitative estimate of drug-likeness (QED) is 0.555. The molecule has 1 unspecified atom stereocenters. The summed E-state index contributed by atoms with van der Waals surface area (Å²) in [5.41, 5.74) is 2.08. The number of hydrogen-bond acceptors (Lipinski definition) is 2. The van der Waals surface area contributed by atoms with Crippen LogP contribution in [-0.2, 0) is 6.42 Å². The SMILES string of the molecule is CCNC(Cc1ccc(Br)cc1Cl)c1ncc(Br)cc1Br. The van der Waals surface area contributed by atoms with Crippen LogP contribution in [0.4, 0.5) is 0 Å². The first-order chi connectivity index (χ1) is 10.0. The molecule has 1 aromatic heterocycles. The van der Waals surface area contributed by atoms with Gasteiger partial charge in [0.2, 0.25) is 0 Å². The van der Waals surface area contributed by atoms with Crippen LogP contribution in [0.15, 0.2) is 43.9 Å². The van der Waals surface area contributed by atoms with Gasteiger partial charge in [-0.2, -0.15) is 0 Å². The average molecular weight is 497 g/mol. The average Bonchev–Trinajstić information content (AvgIpc) is 2.41. The van der Waals surface area contributed by atoms with Crippen LogP contribution in [0, 0.1) is 0 Å². The third kappa shape index (κ3) is 4.76. The molecule has 0 spiro atoms. The third-order valence-electron chi connectivity index (χ3n) is 3.06. The van der Waals surface area contributed by atoms with Gasteiger partial charge in [-0.3, -0.25) is 4.98 Å². The van der Waals surface area contributed by atoms with Gasteiger partial charge in [-0.15, -0.1) is 0 Å². The van der Waals surface area contributed by atoms with E-state index >= 15 is 0 Å². The van der Waals surface area contributed by atoms with Gasteiger partial charge in [0.25, 0.3) is 0 Å². The number of hydrogen-bond donors (Lipinski definition) is 1. The lowest BCUT2D eigenvalue weighted by Crippen LogP contribution is -2.24. The van der Waals surface area contributed by atoms with Crippen molar-refractivity contribution in [1.29, 1.82) is 0 Å². The summed E-state index contributed by atoms with van der Waals surface area (Å²) in [6.45, 7) is 2.95. The van der Waals surface area contributed by atoms with Crippen LogP contribution < -0.4 is 5.32 Å². The van der Waals surface area contributed by atoms with Crippen molar-refractivity contribution in [2.75, 3.05) is 6.54 Å². The number of nitrogens with one attached hydrogen (secondary N) is 1. The lowest BCUT2D eigenvalue weighted by molar-refractivity contribution is 0.534. The fourth-order valence-electron chi connectivity index (χ4n) is 2.10. The van der Waals surface area contributed by atoms with E-state index in [1.54, 1.807) is 0 Å². The monoisotopic (exact) mass is 494 g/mol. The summed E-state index contributed by atoms with van der Waals surface area (Å²) in [4.78, 5) is 4.53. The zero-order valence-corrected chi connectivity index (χ0v) is 16.9. The van der Waals surface area contributed by atoms with Gasteiger partial charge in [-0.25, -0.2) is 0 Å². The fourth-order valence-corrected chi connectivity index (χ4v) is 4.12. The van der Waals surface area contributed by atoms with Crippen molar-refractivity contribution in [1.82, 2.24) is 10.3 Å². The molecule has 0 saturated heterocycles. The predicted octanol–water partition coefficient (Wildman–Crippen LogP) is 5.92. The summed E-state index contributed by atoms with van der Waals surface area (Å²) >= 11 is 16.8. The maximum absolute atomic E-state index is 6.33. The third-order valence-corrected chi connectivity index (χ3v) is 4.97. The highest BCUT2D eigenvalue weighted by atomic mass is 79.9. The van der Waals surface area contributed by atoms with Gasteiger partial charge in [0.1, 0.15) is 0 Å². The van der Waals surface area contributed by atoms with E-state index in [2.05, 4.69) is 65.0 Å². The molecule has 6 heteroatoms. The number of aromatic nitrogens is 1. The van der Waals surface area contributed by atoms with Crippen LogP contribution in [0.5, 0.6) is 0 Å². The van der Waals surface area contributed by atoms with Crippen molar-refractivity contribution in [3.05, 3.63) is 60.2 Å². The zero-order valence-electron chi connectivity index (χ0n) is 11.3. The van der Waals surface area contributed by atoms with Crippen LogP contribution >= 0.6 is 59.4 Å². The number of benzene rings is 1. The molecule has 0 saturated carbocycles. The molecule has 21 heavy (non-hydrogen) atoms. The molecule has 1 N–H and O–H groups in total. The molecule has 0 radical (unpaired) electrons. The summed E-state index contributed by atoms with van der Waals surface area (Å²) in [7, 11) is 0. The van der Waals surface area contributed by atoms with Gasteiger partial charge in [-0.05, 0) is 68.6 Å². The summed E-state index contributed by atoms with van der Waals surface area (Å²) < 4.78 is 2.92. The summed E-state index contributed by atoms with van der Waals surface area (Å²) in [6.07, 6.45) is 2.60. The topological polar surface area (TPSA) is 24.9 Å². The Morgan fingerprint density at radius 2 is 1.95 bits per heavy atom. The minimum Gasteiger partial charge on any atom is -0.309 e. The normalized spacial score (nSPS) is 12.4. The first kappa shape index (κ1) is 17.4. The highest BCUT2D eigenvalue weighted by Gasteiger charge is 2.17. The van der Waals surface area contributed by atoms with Crippen molar-refractivity contribution < 1.29 is 0 Å². The van der Waals surface area contributed by atoms with Crippen molar-refractivity contribution in [2.45, 2.75) is 19.4 Å². The number of likely N-dealkylation sites (N-methyl/N-ethyl adjacent to an activating group) is 1. The van der Waals surface area contributed by atoms with Crippen LogP contribution in [0.3, 0.4) is 0 Å². The molecule has 1 atom stereocenters. The van der Waals surface area contributed by atoms with Gasteiger partial charge >= 0.3 is 0 Å². The van der Waals surface area contributed by atoms with E-state index < -0.39 is 0 Å². The van der Waals surface area contributed by atoms with Crippen LogP contribution in [0.25, 0.3) is 0 Å². The van der Waals surface area contributed by atoms with Crippen molar-refractivity contribution in [2.24, 2.45) is 0 Å². The molecule has 0 aliphatic rings. The van der Waals surface area contributed by atoms with Crippen molar-refractivity contribution >= 4 is 59.4 Å². The Morgan fingerprint density at radius 3 is 2.57 bits per heavy atom. The Hall–Kier alpha value is 0.0600. The molecule has 1 heterocycles. The molecule has 2 rings (SSSR count). The van der Waals surface area contributed by atoms with E-state index in [0.29, 0.717) is 0 Å². The maximum atomic E-state index is 6.33. The molecule has 112 valence electrons. The number of pyridine rings is 1. The first-order valence-corrected chi connectivity index (χ1v) is 9.25. The smallest absolute Gasteiger partial charge is 0.0719 e. The second kappa shape index (κ2) is 8.06. The van der Waals surface area contributed by atoms with E-state index in [-0.39, 0.29) is 6.04 Å². The number of rotatable bonds is 5. The lowest BCUT2D eigenvalue weighted by atomic mass is 10.0. The Kier molecular flexibility index (Phi) is 6.69. The molecular weight excluding hydrogens is 483 g/mol. The standard InChI is InChI=1S/C15H14Br3ClN2/c1-2-20-14(15-12(18)6-11(17)8-21-15)5-9-3-4-10(16)7-13(9)19/h3-4,6-8,14,20H,2,5H2,1H3. The van der Waals surface area contributed by atoms with Crippen LogP contribution in [-0.4, -0.2) is 11.5 Å². The summed E-state index contributed by atoms with van der Waals surface area (Å²) in [5, 5.41) is 4.24. The van der Waals surface area contributed by atoms with E-state index in [1.807, 2.05) is 30.5 Å². The first-order valence-electron chi connectivity index (χ1n) is 6.49. The molecule has 0 aliphatic heterocycles. The number of halogens is 4. The van der Waals surface area contributed by atoms with Crippen LogP contribution in [0.2, 0.25) is 5.02 Å². The Labute approximate surface area is 155 Å². The van der Waals surface area contributed by atoms with E-state index in [0.717, 1.165) is 42.7 Å². The Morgan fingerprint density at radius 1 is 1.19 bits per heavy atom. The van der Waals surface area contributed by atoms with Crippen molar-refractivity contribution in [3.8, 4) is 0 Å². The van der Waals surface area contributed by atoms with E-state index in [1.165, 1.54) is 0 Å². The van der Waals surface area contributed by atoms with Gasteiger partial charge in [0, 0.05) is 24.6 Å². The molecule has 0 aliphatic carbocycles. The van der Waals surface area contributed by atoms with E-state index in [4.69, 9.17) is 11.6 Å². The van der Waals surface area contributed by atoms with Crippen LogP contribution in [0.1, 0.15) is 24.2 Å². The Bertz CT molecular complexity index is 634. The zero-order chi connectivity index (χ0) is 15.4. The summed E-state index contributed by atoms with van der Waals surface area (Å²) in [6, 6.07) is 8.09. The minimum atomic E-state index is 0.108. The lowest BCUT2D eigenvalue weighted by Gasteiger charge is -2.19. The molecular formula is C15H14Br3ClN2. The molecule has 1 aromatic carbocycles. The second-order valence-corrected chi connectivity index (χ2v) is 7.66. The highest BCUT2D eigenvalue weighted by molar-refractivity contribution is 9.11. The minimum absolute atomic E-state index is 0.108. The molecule has 0 bridgehead atoms. The second-order valence-electron chi connectivity index (χ2n) is 4.57. The van der Waals surface area contributed by atoms with Gasteiger partial charge in [0.05, 0.1) is 11.7 Å². The molecule has 2 aromatic rings. The largest absolute Gasteiger partial charge is 0.309 e.